The minimum atomic E-state index is -0.561. The molecule has 0 fully saturated rings. The molecule has 144 valence electrons. The summed E-state index contributed by atoms with van der Waals surface area (Å²) in [5.74, 6) is 0.602. The Hall–Kier alpha value is -2.82. The molecule has 0 atom stereocenters. The smallest absolute Gasteiger partial charge is 0.343 e. The normalized spacial score (nSPS) is 10.3. The Morgan fingerprint density at radius 1 is 1.00 bits per heavy atom. The summed E-state index contributed by atoms with van der Waals surface area (Å²) < 4.78 is 16.2. The van der Waals surface area contributed by atoms with Crippen molar-refractivity contribution in [3.63, 3.8) is 0 Å². The number of carbonyl (C=O) groups excluding carboxylic acids is 2. The molecule has 0 saturated carbocycles. The van der Waals surface area contributed by atoms with Crippen LogP contribution in [0.4, 0.5) is 0 Å². The zero-order valence-electron chi connectivity index (χ0n) is 15.9. The summed E-state index contributed by atoms with van der Waals surface area (Å²) in [6, 6.07) is 11.6. The van der Waals surface area contributed by atoms with Gasteiger partial charge < -0.3 is 14.2 Å². The van der Waals surface area contributed by atoms with Gasteiger partial charge in [-0.15, -0.1) is 0 Å². The van der Waals surface area contributed by atoms with Crippen LogP contribution in [0.15, 0.2) is 42.5 Å². The first-order valence-corrected chi connectivity index (χ1v) is 9.26. The second-order valence-electron chi connectivity index (χ2n) is 6.17. The highest BCUT2D eigenvalue weighted by atomic mass is 16.6. The number of ether oxygens (including phenoxy) is 3. The van der Waals surface area contributed by atoms with Gasteiger partial charge in [0.15, 0.2) is 17.8 Å². The van der Waals surface area contributed by atoms with E-state index in [9.17, 15) is 9.59 Å². The summed E-state index contributed by atoms with van der Waals surface area (Å²) in [5.41, 5.74) is 0.624. The zero-order chi connectivity index (χ0) is 19.5. The van der Waals surface area contributed by atoms with Gasteiger partial charge in [-0.25, -0.2) is 4.79 Å². The predicted molar refractivity (Wildman–Crippen MR) is 104 cm³/mol. The standard InChI is InChI=1S/C22H26O5/c1-3-4-5-6-7-15-26-19-13-11-17(12-14-19)22(24)27-21-18(16-23)9-8-10-20(21)25-2/h8-14,16H,3-7,15H2,1-2H3. The van der Waals surface area contributed by atoms with Crippen LogP contribution < -0.4 is 14.2 Å². The first kappa shape index (κ1) is 20.5. The minimum Gasteiger partial charge on any atom is -0.494 e. The average molecular weight is 370 g/mol. The molecule has 0 N–H and O–H groups in total. The average Bonchev–Trinajstić information content (AvgIpc) is 2.71. The molecule has 0 aromatic heterocycles. The van der Waals surface area contributed by atoms with Crippen LogP contribution in [0.5, 0.6) is 17.2 Å². The fraction of sp³-hybridized carbons (Fsp3) is 0.364. The molecule has 2 aromatic carbocycles. The summed E-state index contributed by atoms with van der Waals surface area (Å²) in [4.78, 5) is 23.6. The maximum Gasteiger partial charge on any atom is 0.343 e. The molecule has 0 aliphatic heterocycles. The lowest BCUT2D eigenvalue weighted by Crippen LogP contribution is -2.10. The van der Waals surface area contributed by atoms with E-state index in [1.165, 1.54) is 26.4 Å². The molecule has 2 rings (SSSR count). The van der Waals surface area contributed by atoms with E-state index in [0.717, 1.165) is 12.8 Å². The van der Waals surface area contributed by atoms with Crippen LogP contribution in [0.2, 0.25) is 0 Å². The number of para-hydroxylation sites is 1. The lowest BCUT2D eigenvalue weighted by molar-refractivity contribution is 0.0728. The van der Waals surface area contributed by atoms with Gasteiger partial charge in [0.2, 0.25) is 0 Å². The van der Waals surface area contributed by atoms with Crippen molar-refractivity contribution in [1.82, 2.24) is 0 Å². The van der Waals surface area contributed by atoms with E-state index in [0.29, 0.717) is 30.0 Å². The molecular weight excluding hydrogens is 344 g/mol. The molecule has 0 bridgehead atoms. The topological polar surface area (TPSA) is 61.8 Å². The van der Waals surface area contributed by atoms with E-state index in [1.54, 1.807) is 42.5 Å². The second-order valence-corrected chi connectivity index (χ2v) is 6.17. The van der Waals surface area contributed by atoms with E-state index in [2.05, 4.69) is 6.92 Å². The van der Waals surface area contributed by atoms with Crippen molar-refractivity contribution in [2.45, 2.75) is 39.0 Å². The molecule has 0 amide bonds. The highest BCUT2D eigenvalue weighted by Crippen LogP contribution is 2.30. The van der Waals surface area contributed by atoms with E-state index in [1.807, 2.05) is 0 Å². The Kier molecular flexibility index (Phi) is 8.36. The Morgan fingerprint density at radius 2 is 1.74 bits per heavy atom. The van der Waals surface area contributed by atoms with Gasteiger partial charge in [0.25, 0.3) is 0 Å². The van der Waals surface area contributed by atoms with Crippen molar-refractivity contribution in [2.24, 2.45) is 0 Å². The minimum absolute atomic E-state index is 0.118. The van der Waals surface area contributed by atoms with Crippen LogP contribution in [-0.4, -0.2) is 26.0 Å². The SMILES string of the molecule is CCCCCCCOc1ccc(C(=O)Oc2c(C=O)cccc2OC)cc1. The third kappa shape index (κ3) is 6.13. The van der Waals surface area contributed by atoms with E-state index < -0.39 is 5.97 Å². The van der Waals surface area contributed by atoms with Crippen molar-refractivity contribution in [3.8, 4) is 17.2 Å². The van der Waals surface area contributed by atoms with E-state index in [4.69, 9.17) is 14.2 Å². The molecular formula is C22H26O5. The third-order valence-electron chi connectivity index (χ3n) is 4.16. The number of carbonyl (C=O) groups is 2. The van der Waals surface area contributed by atoms with Gasteiger partial charge in [-0.3, -0.25) is 4.79 Å². The molecule has 0 unspecified atom stereocenters. The lowest BCUT2D eigenvalue weighted by Gasteiger charge is -2.11. The van der Waals surface area contributed by atoms with Gasteiger partial charge in [0.1, 0.15) is 5.75 Å². The van der Waals surface area contributed by atoms with Gasteiger partial charge in [0, 0.05) is 0 Å². The summed E-state index contributed by atoms with van der Waals surface area (Å²) in [5, 5.41) is 0. The number of benzene rings is 2. The number of esters is 1. The fourth-order valence-electron chi connectivity index (χ4n) is 2.63. The number of hydrogen-bond donors (Lipinski definition) is 0. The van der Waals surface area contributed by atoms with Crippen LogP contribution in [0.1, 0.15) is 59.7 Å². The Balaban J connectivity index is 1.93. The van der Waals surface area contributed by atoms with Crippen LogP contribution in [0.3, 0.4) is 0 Å². The van der Waals surface area contributed by atoms with E-state index in [-0.39, 0.29) is 11.3 Å². The molecule has 5 nitrogen and oxygen atoms in total. The van der Waals surface area contributed by atoms with Crippen molar-refractivity contribution in [1.29, 1.82) is 0 Å². The number of unbranched alkanes of at least 4 members (excludes halogenated alkanes) is 4. The molecule has 27 heavy (non-hydrogen) atoms. The number of hydrogen-bond acceptors (Lipinski definition) is 5. The fourth-order valence-corrected chi connectivity index (χ4v) is 2.63. The molecule has 0 aliphatic carbocycles. The number of methoxy groups -OCH3 is 1. The molecule has 5 heteroatoms. The monoisotopic (exact) mass is 370 g/mol. The van der Waals surface area contributed by atoms with E-state index >= 15 is 0 Å². The summed E-state index contributed by atoms with van der Waals surface area (Å²) in [6.07, 6.45) is 6.53. The second kappa shape index (κ2) is 11.0. The molecule has 2 aromatic rings. The number of rotatable bonds is 11. The van der Waals surface area contributed by atoms with Gasteiger partial charge >= 0.3 is 5.97 Å². The van der Waals surface area contributed by atoms with Gasteiger partial charge in [-0.05, 0) is 42.8 Å². The lowest BCUT2D eigenvalue weighted by atomic mass is 10.2. The molecule has 0 spiro atoms. The Morgan fingerprint density at radius 3 is 2.41 bits per heavy atom. The first-order chi connectivity index (χ1) is 13.2. The largest absolute Gasteiger partial charge is 0.494 e. The van der Waals surface area contributed by atoms with Gasteiger partial charge in [-0.2, -0.15) is 0 Å². The van der Waals surface area contributed by atoms with Gasteiger partial charge in [0.05, 0.1) is 24.8 Å². The molecule has 0 radical (unpaired) electrons. The van der Waals surface area contributed by atoms with Crippen molar-refractivity contribution in [3.05, 3.63) is 53.6 Å². The maximum atomic E-state index is 12.4. The summed E-state index contributed by atoms with van der Waals surface area (Å²) >= 11 is 0. The molecule has 0 saturated heterocycles. The highest BCUT2D eigenvalue weighted by molar-refractivity contribution is 5.93. The van der Waals surface area contributed by atoms with Crippen LogP contribution >= 0.6 is 0 Å². The van der Waals surface area contributed by atoms with Crippen molar-refractivity contribution < 1.29 is 23.8 Å². The number of aldehydes is 1. The van der Waals surface area contributed by atoms with Crippen molar-refractivity contribution in [2.75, 3.05) is 13.7 Å². The first-order valence-electron chi connectivity index (χ1n) is 9.26. The van der Waals surface area contributed by atoms with Crippen molar-refractivity contribution >= 4 is 12.3 Å². The predicted octanol–water partition coefficient (Wildman–Crippen LogP) is 5.08. The Bertz CT molecular complexity index is 737. The zero-order valence-corrected chi connectivity index (χ0v) is 15.9. The molecule has 0 aliphatic rings. The molecule has 0 heterocycles. The van der Waals surface area contributed by atoms with Crippen LogP contribution in [-0.2, 0) is 0 Å². The van der Waals surface area contributed by atoms with Crippen LogP contribution in [0.25, 0.3) is 0 Å². The van der Waals surface area contributed by atoms with Gasteiger partial charge in [-0.1, -0.05) is 38.7 Å². The summed E-state index contributed by atoms with van der Waals surface area (Å²) in [7, 11) is 1.45. The third-order valence-corrected chi connectivity index (χ3v) is 4.16. The highest BCUT2D eigenvalue weighted by Gasteiger charge is 2.16. The Labute approximate surface area is 160 Å². The summed E-state index contributed by atoms with van der Waals surface area (Å²) in [6.45, 7) is 2.86. The van der Waals surface area contributed by atoms with Crippen LogP contribution in [0, 0.1) is 0 Å². The quantitative estimate of drug-likeness (QED) is 0.239. The maximum absolute atomic E-state index is 12.4.